The molecule has 2 heterocycles. The summed E-state index contributed by atoms with van der Waals surface area (Å²) in [5.41, 5.74) is -1.01. The Morgan fingerprint density at radius 3 is 2.35 bits per heavy atom. The quantitative estimate of drug-likeness (QED) is 0.797. The molecule has 2 rings (SSSR count). The summed E-state index contributed by atoms with van der Waals surface area (Å²) in [4.78, 5) is 19.2. The molecule has 20 heavy (non-hydrogen) atoms. The van der Waals surface area contributed by atoms with Crippen molar-refractivity contribution in [2.75, 3.05) is 5.32 Å². The number of nitrogens with zero attached hydrogens (tertiary/aromatic N) is 2. The molecule has 0 aromatic carbocycles. The predicted molar refractivity (Wildman–Crippen MR) is 74.1 cm³/mol. The van der Waals surface area contributed by atoms with Crippen LogP contribution in [0.3, 0.4) is 0 Å². The zero-order valence-electron chi connectivity index (χ0n) is 9.78. The van der Waals surface area contributed by atoms with Crippen molar-refractivity contribution in [1.82, 2.24) is 9.97 Å². The van der Waals surface area contributed by atoms with Gasteiger partial charge in [0.2, 0.25) is 0 Å². The number of amides is 1. The van der Waals surface area contributed by atoms with Crippen molar-refractivity contribution in [2.45, 2.75) is 6.18 Å². The summed E-state index contributed by atoms with van der Waals surface area (Å²) in [6, 6.07) is 5.15. The number of hydrogen-bond acceptors (Lipinski definition) is 3. The van der Waals surface area contributed by atoms with Gasteiger partial charge in [-0.1, -0.05) is 0 Å². The van der Waals surface area contributed by atoms with Gasteiger partial charge in [-0.05, 0) is 46.9 Å². The molecule has 0 fully saturated rings. The van der Waals surface area contributed by atoms with Crippen molar-refractivity contribution in [2.24, 2.45) is 0 Å². The minimum absolute atomic E-state index is 0.113. The van der Waals surface area contributed by atoms with Crippen molar-refractivity contribution in [1.29, 1.82) is 0 Å². The molecule has 104 valence electrons. The molecule has 8 heteroatoms. The average Bonchev–Trinajstić information content (AvgIpc) is 2.40. The SMILES string of the molecule is O=C(Nc1ccc(I)cn1)c1ccc(C(F)(F)F)cn1. The van der Waals surface area contributed by atoms with Gasteiger partial charge >= 0.3 is 6.18 Å². The lowest BCUT2D eigenvalue weighted by Crippen LogP contribution is -2.15. The Kier molecular flexibility index (Phi) is 4.21. The van der Waals surface area contributed by atoms with Gasteiger partial charge in [-0.3, -0.25) is 9.78 Å². The third kappa shape index (κ3) is 3.65. The van der Waals surface area contributed by atoms with Crippen molar-refractivity contribution in [3.05, 3.63) is 51.5 Å². The van der Waals surface area contributed by atoms with E-state index < -0.39 is 17.6 Å². The number of rotatable bonds is 2. The number of alkyl halides is 3. The molecule has 0 saturated carbocycles. The summed E-state index contributed by atoms with van der Waals surface area (Å²) in [5, 5.41) is 2.45. The van der Waals surface area contributed by atoms with Crippen LogP contribution in [0.25, 0.3) is 0 Å². The second-order valence-corrected chi connectivity index (χ2v) is 4.99. The van der Waals surface area contributed by atoms with E-state index >= 15 is 0 Å². The molecule has 0 bridgehead atoms. The third-order valence-corrected chi connectivity index (χ3v) is 2.93. The van der Waals surface area contributed by atoms with E-state index in [9.17, 15) is 18.0 Å². The van der Waals surface area contributed by atoms with Crippen molar-refractivity contribution < 1.29 is 18.0 Å². The maximum Gasteiger partial charge on any atom is 0.417 e. The Labute approximate surface area is 125 Å². The van der Waals surface area contributed by atoms with Crippen LogP contribution >= 0.6 is 22.6 Å². The molecule has 4 nitrogen and oxygen atoms in total. The Hall–Kier alpha value is -1.71. The van der Waals surface area contributed by atoms with Crippen molar-refractivity contribution in [3.8, 4) is 0 Å². The fraction of sp³-hybridized carbons (Fsp3) is 0.0833. The Morgan fingerprint density at radius 2 is 1.85 bits per heavy atom. The largest absolute Gasteiger partial charge is 0.417 e. The number of nitrogens with one attached hydrogen (secondary N) is 1. The number of carbonyl (C=O) groups is 1. The molecule has 0 saturated heterocycles. The van der Waals surface area contributed by atoms with Gasteiger partial charge in [0.05, 0.1) is 5.56 Å². The van der Waals surface area contributed by atoms with Crippen LogP contribution in [0.15, 0.2) is 36.7 Å². The average molecular weight is 393 g/mol. The zero-order chi connectivity index (χ0) is 14.8. The van der Waals surface area contributed by atoms with E-state index in [-0.39, 0.29) is 5.69 Å². The monoisotopic (exact) mass is 393 g/mol. The van der Waals surface area contributed by atoms with Crippen LogP contribution in [-0.2, 0) is 6.18 Å². The fourth-order valence-electron chi connectivity index (χ4n) is 1.33. The van der Waals surface area contributed by atoms with Crippen molar-refractivity contribution in [3.63, 3.8) is 0 Å². The van der Waals surface area contributed by atoms with E-state index in [1.807, 2.05) is 0 Å². The molecule has 0 spiro atoms. The summed E-state index contributed by atoms with van der Waals surface area (Å²) in [6.45, 7) is 0. The lowest BCUT2D eigenvalue weighted by molar-refractivity contribution is -0.137. The highest BCUT2D eigenvalue weighted by atomic mass is 127. The van der Waals surface area contributed by atoms with Gasteiger partial charge in [0.15, 0.2) is 0 Å². The van der Waals surface area contributed by atoms with Crippen LogP contribution < -0.4 is 5.32 Å². The van der Waals surface area contributed by atoms with Crippen LogP contribution in [0, 0.1) is 3.57 Å². The highest BCUT2D eigenvalue weighted by molar-refractivity contribution is 14.1. The molecule has 1 amide bonds. The molecule has 2 aromatic rings. The zero-order valence-corrected chi connectivity index (χ0v) is 11.9. The standard InChI is InChI=1S/C12H7F3IN3O/c13-12(14,15)7-1-3-9(17-5-7)11(20)19-10-4-2-8(16)6-18-10/h1-6H,(H,18,19,20). The summed E-state index contributed by atoms with van der Waals surface area (Å²) < 4.78 is 38.0. The van der Waals surface area contributed by atoms with Crippen LogP contribution in [0.4, 0.5) is 19.0 Å². The number of aromatic nitrogens is 2. The predicted octanol–water partition coefficient (Wildman–Crippen LogP) is 3.35. The van der Waals surface area contributed by atoms with Crippen LogP contribution in [0.5, 0.6) is 0 Å². The normalized spacial score (nSPS) is 11.2. The lowest BCUT2D eigenvalue weighted by atomic mass is 10.2. The van der Waals surface area contributed by atoms with E-state index in [2.05, 4.69) is 37.9 Å². The maximum absolute atomic E-state index is 12.4. The summed E-state index contributed by atoms with van der Waals surface area (Å²) in [6.07, 6.45) is -2.30. The Bertz CT molecular complexity index is 611. The Balaban J connectivity index is 2.11. The van der Waals surface area contributed by atoms with Gasteiger partial charge in [0.25, 0.3) is 5.91 Å². The number of pyridine rings is 2. The number of carbonyl (C=O) groups excluding carboxylic acids is 1. The van der Waals surface area contributed by atoms with Gasteiger partial charge in [-0.25, -0.2) is 4.98 Å². The smallest absolute Gasteiger partial charge is 0.305 e. The van der Waals surface area contributed by atoms with E-state index in [0.29, 0.717) is 12.0 Å². The number of anilines is 1. The highest BCUT2D eigenvalue weighted by Gasteiger charge is 2.30. The molecule has 0 radical (unpaired) electrons. The van der Waals surface area contributed by atoms with Crippen LogP contribution in [0.1, 0.15) is 16.1 Å². The van der Waals surface area contributed by atoms with E-state index in [1.54, 1.807) is 18.3 Å². The Morgan fingerprint density at radius 1 is 1.10 bits per heavy atom. The van der Waals surface area contributed by atoms with E-state index in [0.717, 1.165) is 15.7 Å². The molecule has 0 unspecified atom stereocenters. The summed E-state index contributed by atoms with van der Waals surface area (Å²) in [5.74, 6) is -0.315. The highest BCUT2D eigenvalue weighted by Crippen LogP contribution is 2.28. The van der Waals surface area contributed by atoms with Gasteiger partial charge in [0.1, 0.15) is 11.5 Å². The van der Waals surface area contributed by atoms with Crippen LogP contribution in [0.2, 0.25) is 0 Å². The minimum Gasteiger partial charge on any atom is -0.305 e. The molecule has 0 aliphatic rings. The van der Waals surface area contributed by atoms with Gasteiger partial charge < -0.3 is 5.32 Å². The van der Waals surface area contributed by atoms with E-state index in [1.165, 1.54) is 0 Å². The molecule has 0 aliphatic heterocycles. The first-order valence-corrected chi connectivity index (χ1v) is 6.40. The minimum atomic E-state index is -4.47. The lowest BCUT2D eigenvalue weighted by Gasteiger charge is -2.07. The first-order chi connectivity index (χ1) is 9.36. The molecule has 0 aliphatic carbocycles. The second-order valence-electron chi connectivity index (χ2n) is 3.75. The van der Waals surface area contributed by atoms with Crippen LogP contribution in [-0.4, -0.2) is 15.9 Å². The number of halogens is 4. The summed E-state index contributed by atoms with van der Waals surface area (Å²) >= 11 is 2.06. The molecular formula is C12H7F3IN3O. The molecule has 2 aromatic heterocycles. The third-order valence-electron chi connectivity index (χ3n) is 2.29. The fourth-order valence-corrected chi connectivity index (χ4v) is 1.65. The van der Waals surface area contributed by atoms with E-state index in [4.69, 9.17) is 0 Å². The maximum atomic E-state index is 12.4. The molecular weight excluding hydrogens is 386 g/mol. The second kappa shape index (κ2) is 5.73. The number of hydrogen-bond donors (Lipinski definition) is 1. The van der Waals surface area contributed by atoms with Gasteiger partial charge in [0, 0.05) is 16.0 Å². The first kappa shape index (κ1) is 14.7. The van der Waals surface area contributed by atoms with Crippen molar-refractivity contribution >= 4 is 34.3 Å². The topological polar surface area (TPSA) is 54.9 Å². The first-order valence-electron chi connectivity index (χ1n) is 5.32. The molecule has 1 N–H and O–H groups in total. The van der Waals surface area contributed by atoms with Gasteiger partial charge in [-0.2, -0.15) is 13.2 Å². The summed E-state index contributed by atoms with van der Waals surface area (Å²) in [7, 11) is 0. The van der Waals surface area contributed by atoms with Gasteiger partial charge in [-0.15, -0.1) is 0 Å². The molecule has 0 atom stereocenters.